The molecule has 0 aliphatic carbocycles. The summed E-state index contributed by atoms with van der Waals surface area (Å²) in [6.45, 7) is 4.64. The molecule has 0 fully saturated rings. The van der Waals surface area contributed by atoms with Crippen molar-refractivity contribution < 1.29 is 8.78 Å². The van der Waals surface area contributed by atoms with Crippen LogP contribution in [0.25, 0.3) is 11.4 Å². The molecule has 2 aromatic rings. The Morgan fingerprint density at radius 2 is 1.80 bits per heavy atom. The van der Waals surface area contributed by atoms with Crippen molar-refractivity contribution in [3.63, 3.8) is 0 Å². The number of halogens is 4. The number of benzene rings is 1. The molecule has 1 aromatic carbocycles. The Morgan fingerprint density at radius 3 is 2.30 bits per heavy atom. The highest BCUT2D eigenvalue weighted by Crippen LogP contribution is 2.29. The summed E-state index contributed by atoms with van der Waals surface area (Å²) in [5.41, 5.74) is -0.145. The largest absolute Gasteiger partial charge is 0.310 e. The smallest absolute Gasteiger partial charge is 0.169 e. The van der Waals surface area contributed by atoms with Crippen LogP contribution in [0.3, 0.4) is 0 Å². The first-order valence-electron chi connectivity index (χ1n) is 6.07. The maximum Gasteiger partial charge on any atom is 0.169 e. The number of alkyl halides is 1. The third kappa shape index (κ3) is 3.09. The fraction of sp³-hybridized carbons (Fsp3) is 0.385. The van der Waals surface area contributed by atoms with Gasteiger partial charge in [-0.1, -0.05) is 45.7 Å². The Labute approximate surface area is 132 Å². The van der Waals surface area contributed by atoms with E-state index >= 15 is 0 Å². The first-order chi connectivity index (χ1) is 9.43. The molecular formula is C13H13Br2F2N3. The number of rotatable bonds is 4. The topological polar surface area (TPSA) is 30.7 Å². The first-order valence-corrected chi connectivity index (χ1v) is 7.98. The average molecular weight is 409 g/mol. The van der Waals surface area contributed by atoms with Crippen LogP contribution in [0, 0.1) is 17.6 Å². The zero-order chi connectivity index (χ0) is 14.9. The van der Waals surface area contributed by atoms with E-state index in [-0.39, 0.29) is 11.4 Å². The first kappa shape index (κ1) is 15.6. The standard InChI is InChI=1S/C13H13Br2F2N3/c1-7(2)6-20-11(5-14)18-19-13(20)12-9(16)3-8(15)4-10(12)17/h3-4,7H,5-6H2,1-2H3. The van der Waals surface area contributed by atoms with Gasteiger partial charge in [0.05, 0.1) is 10.9 Å². The Hall–Kier alpha value is -0.820. The summed E-state index contributed by atoms with van der Waals surface area (Å²) in [4.78, 5) is 0. The predicted molar refractivity (Wildman–Crippen MR) is 80.5 cm³/mol. The molecule has 2 rings (SSSR count). The van der Waals surface area contributed by atoms with Crippen molar-refractivity contribution in [3.05, 3.63) is 34.1 Å². The quantitative estimate of drug-likeness (QED) is 0.695. The van der Waals surface area contributed by atoms with Crippen molar-refractivity contribution in [3.8, 4) is 11.4 Å². The molecule has 0 aliphatic rings. The molecule has 20 heavy (non-hydrogen) atoms. The Morgan fingerprint density at radius 1 is 1.20 bits per heavy atom. The third-order valence-corrected chi connectivity index (χ3v) is 3.68. The molecule has 0 radical (unpaired) electrons. The number of hydrogen-bond donors (Lipinski definition) is 0. The van der Waals surface area contributed by atoms with Gasteiger partial charge in [0, 0.05) is 11.0 Å². The lowest BCUT2D eigenvalue weighted by molar-refractivity contribution is 0.511. The molecule has 0 unspecified atom stereocenters. The van der Waals surface area contributed by atoms with Crippen LogP contribution < -0.4 is 0 Å². The lowest BCUT2D eigenvalue weighted by Crippen LogP contribution is -2.10. The number of aromatic nitrogens is 3. The van der Waals surface area contributed by atoms with E-state index in [1.54, 1.807) is 4.57 Å². The molecule has 0 bridgehead atoms. The van der Waals surface area contributed by atoms with E-state index in [1.165, 1.54) is 12.1 Å². The fourth-order valence-corrected chi connectivity index (χ4v) is 2.75. The van der Waals surface area contributed by atoms with Gasteiger partial charge in [-0.15, -0.1) is 10.2 Å². The maximum atomic E-state index is 14.1. The molecule has 0 spiro atoms. The molecule has 108 valence electrons. The zero-order valence-corrected chi connectivity index (χ0v) is 14.2. The van der Waals surface area contributed by atoms with Crippen molar-refractivity contribution in [2.75, 3.05) is 0 Å². The summed E-state index contributed by atoms with van der Waals surface area (Å²) in [6, 6.07) is 2.45. The highest BCUT2D eigenvalue weighted by atomic mass is 79.9. The molecule has 0 saturated heterocycles. The summed E-state index contributed by atoms with van der Waals surface area (Å²) < 4.78 is 30.2. The molecular weight excluding hydrogens is 396 g/mol. The van der Waals surface area contributed by atoms with E-state index in [4.69, 9.17) is 0 Å². The van der Waals surface area contributed by atoms with E-state index in [9.17, 15) is 8.78 Å². The predicted octanol–water partition coefficient (Wildman–Crippen LogP) is 4.54. The van der Waals surface area contributed by atoms with Gasteiger partial charge in [0.25, 0.3) is 0 Å². The minimum absolute atomic E-state index is 0.145. The fourth-order valence-electron chi connectivity index (χ4n) is 1.93. The van der Waals surface area contributed by atoms with Gasteiger partial charge < -0.3 is 4.57 Å². The monoisotopic (exact) mass is 407 g/mol. The Kier molecular flexibility index (Phi) is 4.90. The lowest BCUT2D eigenvalue weighted by atomic mass is 10.1. The minimum atomic E-state index is -0.657. The van der Waals surface area contributed by atoms with Gasteiger partial charge in [-0.25, -0.2) is 8.78 Å². The number of nitrogens with zero attached hydrogens (tertiary/aromatic N) is 3. The van der Waals surface area contributed by atoms with Crippen molar-refractivity contribution in [1.82, 2.24) is 14.8 Å². The SMILES string of the molecule is CC(C)Cn1c(CBr)nnc1-c1c(F)cc(Br)cc1F. The van der Waals surface area contributed by atoms with E-state index in [0.717, 1.165) is 0 Å². The van der Waals surface area contributed by atoms with E-state index in [1.807, 2.05) is 13.8 Å². The van der Waals surface area contributed by atoms with Crippen LogP contribution in [-0.4, -0.2) is 14.8 Å². The van der Waals surface area contributed by atoms with Crippen molar-refractivity contribution >= 4 is 31.9 Å². The van der Waals surface area contributed by atoms with Crippen LogP contribution in [0.2, 0.25) is 0 Å². The van der Waals surface area contributed by atoms with Crippen molar-refractivity contribution in [2.45, 2.75) is 25.7 Å². The zero-order valence-electron chi connectivity index (χ0n) is 11.0. The van der Waals surface area contributed by atoms with E-state index in [0.29, 0.717) is 28.1 Å². The summed E-state index contributed by atoms with van der Waals surface area (Å²) in [5, 5.41) is 8.42. The second kappa shape index (κ2) is 6.30. The molecule has 0 aliphatic heterocycles. The Bertz CT molecular complexity index is 603. The highest BCUT2D eigenvalue weighted by Gasteiger charge is 2.21. The van der Waals surface area contributed by atoms with Crippen LogP contribution in [0.5, 0.6) is 0 Å². The molecule has 3 nitrogen and oxygen atoms in total. The van der Waals surface area contributed by atoms with Crippen LogP contribution >= 0.6 is 31.9 Å². The van der Waals surface area contributed by atoms with Gasteiger partial charge in [0.1, 0.15) is 17.5 Å². The van der Waals surface area contributed by atoms with Gasteiger partial charge in [-0.2, -0.15) is 0 Å². The molecule has 1 aromatic heterocycles. The van der Waals surface area contributed by atoms with Crippen LogP contribution in [0.4, 0.5) is 8.78 Å². The normalized spacial score (nSPS) is 11.3. The van der Waals surface area contributed by atoms with Gasteiger partial charge in [-0.3, -0.25) is 0 Å². The van der Waals surface area contributed by atoms with E-state index in [2.05, 4.69) is 42.1 Å². The van der Waals surface area contributed by atoms with Crippen LogP contribution in [0.15, 0.2) is 16.6 Å². The number of hydrogen-bond acceptors (Lipinski definition) is 2. The molecule has 0 atom stereocenters. The second-order valence-electron chi connectivity index (χ2n) is 4.82. The Balaban J connectivity index is 2.61. The summed E-state index contributed by atoms with van der Waals surface area (Å²) in [7, 11) is 0. The highest BCUT2D eigenvalue weighted by molar-refractivity contribution is 9.10. The maximum absolute atomic E-state index is 14.1. The minimum Gasteiger partial charge on any atom is -0.310 e. The summed E-state index contributed by atoms with van der Waals surface area (Å²) in [5.74, 6) is -0.138. The van der Waals surface area contributed by atoms with Crippen molar-refractivity contribution in [2.24, 2.45) is 5.92 Å². The third-order valence-electron chi connectivity index (χ3n) is 2.73. The second-order valence-corrected chi connectivity index (χ2v) is 6.30. The molecule has 1 heterocycles. The summed E-state index contributed by atoms with van der Waals surface area (Å²) >= 11 is 6.38. The van der Waals surface area contributed by atoms with Crippen LogP contribution in [-0.2, 0) is 11.9 Å². The van der Waals surface area contributed by atoms with Crippen molar-refractivity contribution in [1.29, 1.82) is 0 Å². The van der Waals surface area contributed by atoms with Gasteiger partial charge in [0.2, 0.25) is 0 Å². The molecule has 0 saturated carbocycles. The van der Waals surface area contributed by atoms with Crippen LogP contribution in [0.1, 0.15) is 19.7 Å². The molecule has 0 N–H and O–H groups in total. The lowest BCUT2D eigenvalue weighted by Gasteiger charge is -2.13. The van der Waals surface area contributed by atoms with E-state index < -0.39 is 11.6 Å². The van der Waals surface area contributed by atoms with Gasteiger partial charge in [0.15, 0.2) is 5.82 Å². The van der Waals surface area contributed by atoms with Gasteiger partial charge in [-0.05, 0) is 18.1 Å². The summed E-state index contributed by atoms with van der Waals surface area (Å²) in [6.07, 6.45) is 0. The average Bonchev–Trinajstić information content (AvgIpc) is 2.70. The molecule has 0 amide bonds. The molecule has 7 heteroatoms. The van der Waals surface area contributed by atoms with Gasteiger partial charge >= 0.3 is 0 Å².